The molecule has 0 saturated carbocycles. The van der Waals surface area contributed by atoms with Crippen molar-refractivity contribution in [2.24, 2.45) is 4.99 Å². The van der Waals surface area contributed by atoms with E-state index in [1.165, 1.54) is 71.4 Å². The molecule has 0 fully saturated rings. The van der Waals surface area contributed by atoms with Crippen LogP contribution in [0.4, 0.5) is 5.69 Å². The largest absolute Gasteiger partial charge is 0.258 e. The first kappa shape index (κ1) is 26.9. The quantitative estimate of drug-likeness (QED) is 0.137. The van der Waals surface area contributed by atoms with E-state index < -0.39 is 0 Å². The van der Waals surface area contributed by atoms with Crippen molar-refractivity contribution in [2.45, 2.75) is 33.1 Å². The third kappa shape index (κ3) is 5.24. The zero-order valence-corrected chi connectivity index (χ0v) is 24.8. The van der Waals surface area contributed by atoms with Crippen molar-refractivity contribution in [3.8, 4) is 22.3 Å². The maximum Gasteiger partial charge on any atom is 0.0660 e. The van der Waals surface area contributed by atoms with E-state index in [9.17, 15) is 0 Å². The van der Waals surface area contributed by atoms with Gasteiger partial charge in [0, 0.05) is 5.71 Å². The Morgan fingerprint density at radius 2 is 1.05 bits per heavy atom. The topological polar surface area (TPSA) is 12.4 Å². The third-order valence-corrected chi connectivity index (χ3v) is 8.71. The van der Waals surface area contributed by atoms with Crippen molar-refractivity contribution in [3.05, 3.63) is 151 Å². The van der Waals surface area contributed by atoms with Crippen LogP contribution in [-0.4, -0.2) is 5.71 Å². The standard InChI is InChI=1S/C42H35N/c1-3-29(2)43-40-19-11-6-13-32(40)23-20-30-21-24-33(25-22-30)41-36-15-7-9-17-38(36)42(39-18-10-8-16-37(39)41)35-27-26-31-12-4-5-14-34(31)28-35/h4-19,21-22,24-28H,3,20,23H2,1-2H3. The highest BCUT2D eigenvalue weighted by atomic mass is 14.7. The molecule has 0 N–H and O–H groups in total. The molecule has 208 valence electrons. The maximum absolute atomic E-state index is 4.86. The average Bonchev–Trinajstić information content (AvgIpc) is 3.06. The van der Waals surface area contributed by atoms with Gasteiger partial charge in [-0.25, -0.2) is 0 Å². The van der Waals surface area contributed by atoms with Crippen molar-refractivity contribution in [3.63, 3.8) is 0 Å². The molecule has 0 saturated heterocycles. The number of para-hydroxylation sites is 1. The van der Waals surface area contributed by atoms with E-state index in [-0.39, 0.29) is 0 Å². The molecule has 0 bridgehead atoms. The second-order valence-corrected chi connectivity index (χ2v) is 11.4. The van der Waals surface area contributed by atoms with Crippen LogP contribution in [0, 0.1) is 0 Å². The van der Waals surface area contributed by atoms with Crippen molar-refractivity contribution in [1.82, 2.24) is 0 Å². The van der Waals surface area contributed by atoms with Crippen LogP contribution < -0.4 is 0 Å². The van der Waals surface area contributed by atoms with E-state index >= 15 is 0 Å². The van der Waals surface area contributed by atoms with E-state index in [0.717, 1.165) is 24.9 Å². The summed E-state index contributed by atoms with van der Waals surface area (Å²) in [6.07, 6.45) is 2.94. The van der Waals surface area contributed by atoms with Crippen LogP contribution >= 0.6 is 0 Å². The van der Waals surface area contributed by atoms with Gasteiger partial charge in [-0.1, -0.05) is 134 Å². The maximum atomic E-state index is 4.86. The lowest BCUT2D eigenvalue weighted by Gasteiger charge is -2.18. The van der Waals surface area contributed by atoms with Gasteiger partial charge in [-0.15, -0.1) is 0 Å². The van der Waals surface area contributed by atoms with Gasteiger partial charge >= 0.3 is 0 Å². The highest BCUT2D eigenvalue weighted by Gasteiger charge is 2.16. The minimum Gasteiger partial charge on any atom is -0.258 e. The number of aliphatic imine (C=N–C) groups is 1. The Kier molecular flexibility index (Phi) is 7.31. The van der Waals surface area contributed by atoms with Crippen LogP contribution in [-0.2, 0) is 12.8 Å². The van der Waals surface area contributed by atoms with Gasteiger partial charge in [0.2, 0.25) is 0 Å². The second kappa shape index (κ2) is 11.7. The first-order valence-corrected chi connectivity index (χ1v) is 15.3. The van der Waals surface area contributed by atoms with Gasteiger partial charge in [0.1, 0.15) is 0 Å². The molecule has 0 atom stereocenters. The van der Waals surface area contributed by atoms with Crippen LogP contribution in [0.5, 0.6) is 0 Å². The Morgan fingerprint density at radius 3 is 1.70 bits per heavy atom. The number of hydrogen-bond donors (Lipinski definition) is 0. The lowest BCUT2D eigenvalue weighted by atomic mass is 9.85. The van der Waals surface area contributed by atoms with E-state index in [0.29, 0.717) is 0 Å². The number of fused-ring (bicyclic) bond motifs is 3. The molecule has 0 aliphatic carbocycles. The van der Waals surface area contributed by atoms with E-state index in [1.807, 2.05) is 0 Å². The number of nitrogens with zero attached hydrogens (tertiary/aromatic N) is 1. The molecule has 0 radical (unpaired) electrons. The van der Waals surface area contributed by atoms with Crippen LogP contribution in [0.1, 0.15) is 31.4 Å². The average molecular weight is 554 g/mol. The van der Waals surface area contributed by atoms with Gasteiger partial charge in [0.25, 0.3) is 0 Å². The van der Waals surface area contributed by atoms with Gasteiger partial charge in [-0.2, -0.15) is 0 Å². The minimum absolute atomic E-state index is 0.975. The molecule has 0 aliphatic heterocycles. The first-order chi connectivity index (χ1) is 21.2. The minimum atomic E-state index is 0.975. The summed E-state index contributed by atoms with van der Waals surface area (Å²) in [5.41, 5.74) is 10.0. The lowest BCUT2D eigenvalue weighted by molar-refractivity contribution is 0.959. The zero-order chi connectivity index (χ0) is 29.2. The summed E-state index contributed by atoms with van der Waals surface area (Å²) in [4.78, 5) is 4.86. The Hall–Kier alpha value is -5.01. The molecular weight excluding hydrogens is 518 g/mol. The Labute approximate surface area is 254 Å². The molecular formula is C42H35N. The van der Waals surface area contributed by atoms with Gasteiger partial charge in [-0.3, -0.25) is 4.99 Å². The lowest BCUT2D eigenvalue weighted by Crippen LogP contribution is -1.94. The van der Waals surface area contributed by atoms with Crippen LogP contribution in [0.25, 0.3) is 54.6 Å². The van der Waals surface area contributed by atoms with Crippen molar-refractivity contribution >= 4 is 43.7 Å². The number of hydrogen-bond acceptors (Lipinski definition) is 1. The van der Waals surface area contributed by atoms with Crippen molar-refractivity contribution < 1.29 is 0 Å². The molecule has 0 amide bonds. The summed E-state index contributed by atoms with van der Waals surface area (Å²) in [5, 5.41) is 7.68. The monoisotopic (exact) mass is 553 g/mol. The fourth-order valence-corrected chi connectivity index (χ4v) is 6.33. The van der Waals surface area contributed by atoms with Crippen molar-refractivity contribution in [1.29, 1.82) is 0 Å². The zero-order valence-electron chi connectivity index (χ0n) is 24.8. The predicted molar refractivity (Wildman–Crippen MR) is 187 cm³/mol. The summed E-state index contributed by atoms with van der Waals surface area (Å²) in [6.45, 7) is 4.27. The fraction of sp³-hybridized carbons (Fsp3) is 0.119. The third-order valence-electron chi connectivity index (χ3n) is 8.71. The summed E-state index contributed by atoms with van der Waals surface area (Å²) >= 11 is 0. The van der Waals surface area contributed by atoms with Gasteiger partial charge in [-0.05, 0) is 104 Å². The van der Waals surface area contributed by atoms with E-state index in [1.54, 1.807) is 0 Å². The van der Waals surface area contributed by atoms with Crippen LogP contribution in [0.15, 0.2) is 145 Å². The normalized spacial score (nSPS) is 11.9. The fourth-order valence-electron chi connectivity index (χ4n) is 6.33. The number of aryl methyl sites for hydroxylation is 2. The Balaban J connectivity index is 1.29. The molecule has 7 aromatic rings. The molecule has 0 heterocycles. The Morgan fingerprint density at radius 1 is 0.512 bits per heavy atom. The smallest absolute Gasteiger partial charge is 0.0660 e. The number of benzene rings is 7. The summed E-state index contributed by atoms with van der Waals surface area (Å²) in [7, 11) is 0. The Bertz CT molecular complexity index is 2060. The highest BCUT2D eigenvalue weighted by Crippen LogP contribution is 2.44. The molecule has 0 aromatic heterocycles. The highest BCUT2D eigenvalue weighted by molar-refractivity contribution is 6.21. The van der Waals surface area contributed by atoms with Gasteiger partial charge in [0.05, 0.1) is 5.69 Å². The van der Waals surface area contributed by atoms with Gasteiger partial charge < -0.3 is 0 Å². The molecule has 1 heteroatoms. The van der Waals surface area contributed by atoms with Crippen molar-refractivity contribution in [2.75, 3.05) is 0 Å². The SMILES string of the molecule is CCC(C)=Nc1ccccc1CCc1ccc(-c2c3ccccc3c(-c3ccc4ccccc4c3)c3ccccc23)cc1. The molecule has 1 nitrogen and oxygen atoms in total. The summed E-state index contributed by atoms with van der Waals surface area (Å²) in [5.74, 6) is 0. The number of rotatable bonds is 7. The molecule has 0 spiro atoms. The summed E-state index contributed by atoms with van der Waals surface area (Å²) in [6, 6.07) is 51.1. The predicted octanol–water partition coefficient (Wildman–Crippen LogP) is 11.8. The molecule has 43 heavy (non-hydrogen) atoms. The molecule has 0 aliphatic rings. The van der Waals surface area contributed by atoms with E-state index in [4.69, 9.17) is 4.99 Å². The molecule has 0 unspecified atom stereocenters. The molecule has 7 rings (SSSR count). The van der Waals surface area contributed by atoms with Gasteiger partial charge in [0.15, 0.2) is 0 Å². The molecule has 7 aromatic carbocycles. The summed E-state index contributed by atoms with van der Waals surface area (Å²) < 4.78 is 0. The first-order valence-electron chi connectivity index (χ1n) is 15.3. The van der Waals surface area contributed by atoms with Crippen LogP contribution in [0.2, 0.25) is 0 Å². The van der Waals surface area contributed by atoms with Crippen LogP contribution in [0.3, 0.4) is 0 Å². The van der Waals surface area contributed by atoms with E-state index in [2.05, 4.69) is 153 Å². The second-order valence-electron chi connectivity index (χ2n) is 11.4.